The summed E-state index contributed by atoms with van der Waals surface area (Å²) < 4.78 is 0. The van der Waals surface area contributed by atoms with E-state index in [1.165, 1.54) is 6.42 Å². The van der Waals surface area contributed by atoms with Gasteiger partial charge in [0.25, 0.3) is 0 Å². The van der Waals surface area contributed by atoms with Gasteiger partial charge in [0.15, 0.2) is 0 Å². The standard InChI is InChI=1S/C17H23Cl2N3O2.ClH/c18-12-4-5-13(19)14(8-12)22-16(24)10-21-15(23)9-17(11-20)6-2-1-3-7-17;/h4-5,8H,1-3,6-7,9-11,20H2,(H,21,23)(H,22,24);1H. The molecule has 2 rings (SSSR count). The van der Waals surface area contributed by atoms with Crippen molar-refractivity contribution in [3.8, 4) is 0 Å². The van der Waals surface area contributed by atoms with Gasteiger partial charge in [-0.05, 0) is 43.0 Å². The summed E-state index contributed by atoms with van der Waals surface area (Å²) in [4.78, 5) is 24.1. The monoisotopic (exact) mass is 407 g/mol. The van der Waals surface area contributed by atoms with Crippen LogP contribution in [0.3, 0.4) is 0 Å². The van der Waals surface area contributed by atoms with Crippen LogP contribution in [0.25, 0.3) is 0 Å². The second kappa shape index (κ2) is 10.2. The Balaban J connectivity index is 0.00000312. The zero-order valence-corrected chi connectivity index (χ0v) is 16.3. The van der Waals surface area contributed by atoms with E-state index in [9.17, 15) is 9.59 Å². The first-order valence-electron chi connectivity index (χ1n) is 8.16. The van der Waals surface area contributed by atoms with E-state index in [1.807, 2.05) is 0 Å². The van der Waals surface area contributed by atoms with Crippen LogP contribution in [0.15, 0.2) is 18.2 Å². The molecule has 0 saturated heterocycles. The van der Waals surface area contributed by atoms with Gasteiger partial charge in [0.05, 0.1) is 17.3 Å². The third-order valence-corrected chi connectivity index (χ3v) is 5.10. The molecule has 0 spiro atoms. The maximum Gasteiger partial charge on any atom is 0.243 e. The van der Waals surface area contributed by atoms with Gasteiger partial charge in [-0.1, -0.05) is 42.5 Å². The van der Waals surface area contributed by atoms with Crippen molar-refractivity contribution in [2.45, 2.75) is 38.5 Å². The summed E-state index contributed by atoms with van der Waals surface area (Å²) in [5, 5.41) is 6.16. The smallest absolute Gasteiger partial charge is 0.243 e. The van der Waals surface area contributed by atoms with Gasteiger partial charge >= 0.3 is 0 Å². The molecule has 1 saturated carbocycles. The lowest BCUT2D eigenvalue weighted by Crippen LogP contribution is -2.40. The van der Waals surface area contributed by atoms with Crippen molar-refractivity contribution in [1.82, 2.24) is 5.32 Å². The fraction of sp³-hybridized carbons (Fsp3) is 0.529. The fourth-order valence-electron chi connectivity index (χ4n) is 3.12. The van der Waals surface area contributed by atoms with E-state index >= 15 is 0 Å². The molecule has 1 aliphatic rings. The summed E-state index contributed by atoms with van der Waals surface area (Å²) in [6, 6.07) is 4.80. The van der Waals surface area contributed by atoms with Crippen LogP contribution in [0.4, 0.5) is 5.69 Å². The minimum absolute atomic E-state index is 0. The van der Waals surface area contributed by atoms with Crippen LogP contribution >= 0.6 is 35.6 Å². The van der Waals surface area contributed by atoms with Crippen molar-refractivity contribution >= 4 is 53.1 Å². The highest BCUT2D eigenvalue weighted by Crippen LogP contribution is 2.38. The number of anilines is 1. The predicted molar refractivity (Wildman–Crippen MR) is 105 cm³/mol. The summed E-state index contributed by atoms with van der Waals surface area (Å²) in [6.45, 7) is 0.396. The van der Waals surface area contributed by atoms with Crippen molar-refractivity contribution < 1.29 is 9.59 Å². The van der Waals surface area contributed by atoms with Gasteiger partial charge < -0.3 is 16.4 Å². The van der Waals surface area contributed by atoms with Crippen molar-refractivity contribution in [1.29, 1.82) is 0 Å². The number of nitrogens with two attached hydrogens (primary N) is 1. The molecule has 0 aliphatic heterocycles. The number of hydrogen-bond acceptors (Lipinski definition) is 3. The number of amides is 2. The second-order valence-corrected chi connectivity index (χ2v) is 7.23. The van der Waals surface area contributed by atoms with E-state index in [0.717, 1.165) is 25.7 Å². The Kier molecular flexibility index (Phi) is 9.00. The third-order valence-electron chi connectivity index (χ3n) is 4.53. The lowest BCUT2D eigenvalue weighted by molar-refractivity contribution is -0.126. The van der Waals surface area contributed by atoms with Crippen LogP contribution in [0.1, 0.15) is 38.5 Å². The Hall–Kier alpha value is -1.01. The third kappa shape index (κ3) is 6.66. The van der Waals surface area contributed by atoms with Crippen LogP contribution in [0.2, 0.25) is 10.0 Å². The quantitative estimate of drug-likeness (QED) is 0.670. The molecule has 140 valence electrons. The van der Waals surface area contributed by atoms with Gasteiger partial charge in [-0.3, -0.25) is 9.59 Å². The zero-order valence-electron chi connectivity index (χ0n) is 13.9. The molecule has 0 unspecified atom stereocenters. The molecule has 2 amide bonds. The molecule has 0 heterocycles. The van der Waals surface area contributed by atoms with Crippen LogP contribution in [-0.4, -0.2) is 24.9 Å². The Morgan fingerprint density at radius 2 is 1.80 bits per heavy atom. The van der Waals surface area contributed by atoms with E-state index in [2.05, 4.69) is 10.6 Å². The highest BCUT2D eigenvalue weighted by atomic mass is 35.5. The van der Waals surface area contributed by atoms with Crippen LogP contribution in [0.5, 0.6) is 0 Å². The van der Waals surface area contributed by atoms with Crippen molar-refractivity contribution in [2.24, 2.45) is 11.1 Å². The molecule has 0 aromatic heterocycles. The van der Waals surface area contributed by atoms with E-state index in [-0.39, 0.29) is 36.2 Å². The van der Waals surface area contributed by atoms with E-state index in [1.54, 1.807) is 18.2 Å². The largest absolute Gasteiger partial charge is 0.347 e. The number of halogens is 3. The first kappa shape index (κ1) is 22.0. The van der Waals surface area contributed by atoms with Crippen molar-refractivity contribution in [3.63, 3.8) is 0 Å². The summed E-state index contributed by atoms with van der Waals surface area (Å²) in [6.07, 6.45) is 5.74. The topological polar surface area (TPSA) is 84.2 Å². The average molecular weight is 409 g/mol. The maximum atomic E-state index is 12.2. The molecule has 1 aromatic carbocycles. The summed E-state index contributed by atoms with van der Waals surface area (Å²) in [5.41, 5.74) is 6.20. The molecule has 1 fully saturated rings. The lowest BCUT2D eigenvalue weighted by atomic mass is 9.71. The number of rotatable bonds is 6. The van der Waals surface area contributed by atoms with Gasteiger partial charge in [-0.2, -0.15) is 0 Å². The first-order chi connectivity index (χ1) is 11.4. The highest BCUT2D eigenvalue weighted by molar-refractivity contribution is 6.35. The SMILES string of the molecule is Cl.NCC1(CC(=O)NCC(=O)Nc2cc(Cl)ccc2Cl)CCCCC1. The van der Waals surface area contributed by atoms with Gasteiger partial charge in [0.2, 0.25) is 11.8 Å². The number of benzene rings is 1. The molecule has 1 aliphatic carbocycles. The highest BCUT2D eigenvalue weighted by Gasteiger charge is 2.32. The molecule has 0 atom stereocenters. The van der Waals surface area contributed by atoms with Crippen molar-refractivity contribution in [2.75, 3.05) is 18.4 Å². The number of nitrogens with one attached hydrogen (secondary N) is 2. The van der Waals surface area contributed by atoms with Gasteiger partial charge in [0.1, 0.15) is 0 Å². The first-order valence-corrected chi connectivity index (χ1v) is 8.91. The van der Waals surface area contributed by atoms with Gasteiger partial charge in [0, 0.05) is 11.4 Å². The molecule has 4 N–H and O–H groups in total. The molecule has 1 aromatic rings. The summed E-state index contributed by atoms with van der Waals surface area (Å²) in [7, 11) is 0. The number of carbonyl (C=O) groups excluding carboxylic acids is 2. The Bertz CT molecular complexity index is 605. The minimum atomic E-state index is -0.349. The predicted octanol–water partition coefficient (Wildman–Crippen LogP) is 3.77. The zero-order chi connectivity index (χ0) is 17.6. The van der Waals surface area contributed by atoms with Crippen LogP contribution in [-0.2, 0) is 9.59 Å². The fourth-order valence-corrected chi connectivity index (χ4v) is 3.46. The molecule has 5 nitrogen and oxygen atoms in total. The Morgan fingerprint density at radius 3 is 2.44 bits per heavy atom. The van der Waals surface area contributed by atoms with Crippen LogP contribution in [0, 0.1) is 5.41 Å². The molecular weight excluding hydrogens is 385 g/mol. The van der Waals surface area contributed by atoms with E-state index in [4.69, 9.17) is 28.9 Å². The Labute approximate surface area is 164 Å². The molecular formula is C17H24Cl3N3O2. The molecule has 8 heteroatoms. The Morgan fingerprint density at radius 1 is 1.12 bits per heavy atom. The second-order valence-electron chi connectivity index (χ2n) is 6.39. The normalized spacial score (nSPS) is 15.8. The maximum absolute atomic E-state index is 12.2. The summed E-state index contributed by atoms with van der Waals surface area (Å²) in [5.74, 6) is -0.493. The van der Waals surface area contributed by atoms with Gasteiger partial charge in [-0.25, -0.2) is 0 Å². The molecule has 0 radical (unpaired) electrons. The van der Waals surface area contributed by atoms with Crippen LogP contribution < -0.4 is 16.4 Å². The molecule has 0 bridgehead atoms. The van der Waals surface area contributed by atoms with E-state index in [0.29, 0.717) is 28.7 Å². The number of carbonyl (C=O) groups is 2. The van der Waals surface area contributed by atoms with Gasteiger partial charge in [-0.15, -0.1) is 12.4 Å². The van der Waals surface area contributed by atoms with E-state index < -0.39 is 0 Å². The summed E-state index contributed by atoms with van der Waals surface area (Å²) >= 11 is 11.9. The number of hydrogen-bond donors (Lipinski definition) is 3. The lowest BCUT2D eigenvalue weighted by Gasteiger charge is -2.35. The van der Waals surface area contributed by atoms with Crippen molar-refractivity contribution in [3.05, 3.63) is 28.2 Å². The molecule has 25 heavy (non-hydrogen) atoms. The minimum Gasteiger partial charge on any atom is -0.347 e. The average Bonchev–Trinajstić information content (AvgIpc) is 2.57.